The second-order valence-corrected chi connectivity index (χ2v) is 6.17. The molecule has 5 heteroatoms. The van der Waals surface area contributed by atoms with Crippen LogP contribution >= 0.6 is 0 Å². The van der Waals surface area contributed by atoms with Crippen LogP contribution in [0, 0.1) is 11.8 Å². The number of esters is 1. The highest BCUT2D eigenvalue weighted by molar-refractivity contribution is 5.81. The zero-order valence-corrected chi connectivity index (χ0v) is 13.9. The maximum atomic E-state index is 12.1. The molecule has 2 unspecified atom stereocenters. The lowest BCUT2D eigenvalue weighted by Gasteiger charge is -2.32. The molecule has 124 valence electrons. The lowest BCUT2D eigenvalue weighted by Crippen LogP contribution is -2.54. The van der Waals surface area contributed by atoms with Gasteiger partial charge in [-0.3, -0.25) is 4.79 Å². The quantitative estimate of drug-likeness (QED) is 0.494. The minimum Gasteiger partial charge on any atom is -0.468 e. The molecule has 0 radical (unpaired) electrons. The van der Waals surface area contributed by atoms with Crippen molar-refractivity contribution in [2.24, 2.45) is 11.8 Å². The molecule has 0 aromatic heterocycles. The molecule has 1 saturated carbocycles. The van der Waals surface area contributed by atoms with E-state index in [1.165, 1.54) is 7.11 Å². The first-order valence-electron chi connectivity index (χ1n) is 7.99. The van der Waals surface area contributed by atoms with Crippen molar-refractivity contribution >= 4 is 5.97 Å². The highest BCUT2D eigenvalue weighted by Gasteiger charge is 2.48. The second kappa shape index (κ2) is 9.38. The molecule has 0 heterocycles. The molecule has 1 aliphatic rings. The first-order chi connectivity index (χ1) is 10.1. The number of rotatable bonds is 10. The van der Waals surface area contributed by atoms with Crippen molar-refractivity contribution in [2.45, 2.75) is 45.1 Å². The van der Waals surface area contributed by atoms with E-state index in [9.17, 15) is 4.79 Å². The molecular weight excluding hydrogens is 270 g/mol. The van der Waals surface area contributed by atoms with E-state index in [1.807, 2.05) is 7.05 Å². The first kappa shape index (κ1) is 18.4. The SMILES string of the molecule is CNC1(C(=O)OC)CCCC1CCOCCOCC(C)C. The predicted octanol–water partition coefficient (Wildman–Crippen LogP) is 2.00. The zero-order valence-electron chi connectivity index (χ0n) is 13.9. The Kier molecular flexibility index (Phi) is 8.22. The Morgan fingerprint density at radius 3 is 2.62 bits per heavy atom. The van der Waals surface area contributed by atoms with Gasteiger partial charge in [-0.2, -0.15) is 0 Å². The largest absolute Gasteiger partial charge is 0.468 e. The minimum atomic E-state index is -0.522. The molecule has 0 saturated heterocycles. The number of carbonyl (C=O) groups excluding carboxylic acids is 1. The van der Waals surface area contributed by atoms with E-state index >= 15 is 0 Å². The Hall–Kier alpha value is -0.650. The Bertz CT molecular complexity index is 309. The lowest BCUT2D eigenvalue weighted by atomic mass is 9.85. The van der Waals surface area contributed by atoms with Gasteiger partial charge < -0.3 is 19.5 Å². The molecule has 0 aromatic rings. The van der Waals surface area contributed by atoms with Crippen LogP contribution in [-0.4, -0.2) is 52.1 Å². The third-order valence-corrected chi connectivity index (χ3v) is 4.25. The van der Waals surface area contributed by atoms with E-state index in [2.05, 4.69) is 19.2 Å². The monoisotopic (exact) mass is 301 g/mol. The fraction of sp³-hybridized carbons (Fsp3) is 0.938. The number of hydrogen-bond donors (Lipinski definition) is 1. The van der Waals surface area contributed by atoms with Crippen molar-refractivity contribution in [1.82, 2.24) is 5.32 Å². The third-order valence-electron chi connectivity index (χ3n) is 4.25. The summed E-state index contributed by atoms with van der Waals surface area (Å²) in [7, 11) is 3.30. The van der Waals surface area contributed by atoms with Crippen molar-refractivity contribution < 1.29 is 19.0 Å². The molecule has 0 spiro atoms. The number of methoxy groups -OCH3 is 1. The summed E-state index contributed by atoms with van der Waals surface area (Å²) in [5, 5.41) is 3.20. The fourth-order valence-corrected chi connectivity index (χ4v) is 3.12. The number of carbonyl (C=O) groups is 1. The number of ether oxygens (including phenoxy) is 3. The van der Waals surface area contributed by atoms with Crippen LogP contribution in [0.15, 0.2) is 0 Å². The summed E-state index contributed by atoms with van der Waals surface area (Å²) in [6.45, 7) is 6.95. The van der Waals surface area contributed by atoms with Crippen LogP contribution in [0.4, 0.5) is 0 Å². The third kappa shape index (κ3) is 5.24. The number of nitrogens with one attached hydrogen (secondary N) is 1. The second-order valence-electron chi connectivity index (χ2n) is 6.17. The zero-order chi connectivity index (χ0) is 15.7. The van der Waals surface area contributed by atoms with Crippen molar-refractivity contribution in [3.63, 3.8) is 0 Å². The lowest BCUT2D eigenvalue weighted by molar-refractivity contribution is -0.150. The van der Waals surface area contributed by atoms with Gasteiger partial charge >= 0.3 is 5.97 Å². The molecule has 1 N–H and O–H groups in total. The molecule has 2 atom stereocenters. The Morgan fingerprint density at radius 1 is 1.29 bits per heavy atom. The van der Waals surface area contributed by atoms with Gasteiger partial charge in [0.15, 0.2) is 0 Å². The molecule has 5 nitrogen and oxygen atoms in total. The average molecular weight is 301 g/mol. The van der Waals surface area contributed by atoms with Gasteiger partial charge in [-0.15, -0.1) is 0 Å². The summed E-state index contributed by atoms with van der Waals surface area (Å²) in [6.07, 6.45) is 3.82. The van der Waals surface area contributed by atoms with E-state index in [0.717, 1.165) is 32.3 Å². The normalized spacial score (nSPS) is 25.5. The summed E-state index contributed by atoms with van der Waals surface area (Å²) in [6, 6.07) is 0. The van der Waals surface area contributed by atoms with Crippen molar-refractivity contribution in [2.75, 3.05) is 40.6 Å². The predicted molar refractivity (Wildman–Crippen MR) is 82.2 cm³/mol. The Morgan fingerprint density at radius 2 is 2.00 bits per heavy atom. The molecular formula is C16H31NO4. The first-order valence-corrected chi connectivity index (χ1v) is 7.99. The number of hydrogen-bond acceptors (Lipinski definition) is 5. The van der Waals surface area contributed by atoms with Crippen LogP contribution in [-0.2, 0) is 19.0 Å². The van der Waals surface area contributed by atoms with E-state index in [4.69, 9.17) is 14.2 Å². The molecule has 0 bridgehead atoms. The average Bonchev–Trinajstić information content (AvgIpc) is 2.89. The highest BCUT2D eigenvalue weighted by Crippen LogP contribution is 2.38. The molecule has 0 amide bonds. The van der Waals surface area contributed by atoms with Gasteiger partial charge in [0.05, 0.1) is 20.3 Å². The molecule has 1 aliphatic carbocycles. The van der Waals surface area contributed by atoms with Gasteiger partial charge in [0.2, 0.25) is 0 Å². The van der Waals surface area contributed by atoms with Crippen LogP contribution in [0.5, 0.6) is 0 Å². The Balaban J connectivity index is 2.26. The van der Waals surface area contributed by atoms with Gasteiger partial charge in [0.1, 0.15) is 5.54 Å². The smallest absolute Gasteiger partial charge is 0.326 e. The van der Waals surface area contributed by atoms with Crippen LogP contribution in [0.1, 0.15) is 39.5 Å². The van der Waals surface area contributed by atoms with E-state index < -0.39 is 5.54 Å². The van der Waals surface area contributed by atoms with Crippen molar-refractivity contribution in [3.05, 3.63) is 0 Å². The summed E-state index contributed by atoms with van der Waals surface area (Å²) in [5.41, 5.74) is -0.522. The summed E-state index contributed by atoms with van der Waals surface area (Å²) in [4.78, 5) is 12.1. The topological polar surface area (TPSA) is 56.8 Å². The van der Waals surface area contributed by atoms with E-state index in [0.29, 0.717) is 25.7 Å². The minimum absolute atomic E-state index is 0.146. The van der Waals surface area contributed by atoms with E-state index in [1.54, 1.807) is 0 Å². The molecule has 1 fully saturated rings. The van der Waals surface area contributed by atoms with Gasteiger partial charge in [-0.05, 0) is 38.1 Å². The van der Waals surface area contributed by atoms with Crippen molar-refractivity contribution in [1.29, 1.82) is 0 Å². The highest BCUT2D eigenvalue weighted by atomic mass is 16.5. The van der Waals surface area contributed by atoms with Crippen LogP contribution in [0.2, 0.25) is 0 Å². The molecule has 0 aromatic carbocycles. The van der Waals surface area contributed by atoms with Crippen LogP contribution in [0.3, 0.4) is 0 Å². The summed E-state index contributed by atoms with van der Waals surface area (Å²) in [5.74, 6) is 0.694. The van der Waals surface area contributed by atoms with Gasteiger partial charge in [-0.25, -0.2) is 0 Å². The molecule has 21 heavy (non-hydrogen) atoms. The summed E-state index contributed by atoms with van der Waals surface area (Å²) >= 11 is 0. The summed E-state index contributed by atoms with van der Waals surface area (Å²) < 4.78 is 16.1. The fourth-order valence-electron chi connectivity index (χ4n) is 3.12. The number of likely N-dealkylation sites (N-methyl/N-ethyl adjacent to an activating group) is 1. The molecule has 0 aliphatic heterocycles. The van der Waals surface area contributed by atoms with E-state index in [-0.39, 0.29) is 11.9 Å². The molecule has 1 rings (SSSR count). The van der Waals surface area contributed by atoms with Crippen LogP contribution in [0.25, 0.3) is 0 Å². The maximum Gasteiger partial charge on any atom is 0.326 e. The van der Waals surface area contributed by atoms with Gasteiger partial charge in [0, 0.05) is 13.2 Å². The van der Waals surface area contributed by atoms with Crippen molar-refractivity contribution in [3.8, 4) is 0 Å². The Labute approximate surface area is 128 Å². The van der Waals surface area contributed by atoms with Gasteiger partial charge in [-0.1, -0.05) is 20.3 Å². The van der Waals surface area contributed by atoms with Crippen LogP contribution < -0.4 is 5.32 Å². The standard InChI is InChI=1S/C16H31NO4/c1-13(2)12-21-11-10-20-9-7-14-6-5-8-16(14,17-3)15(18)19-4/h13-14,17H,5-12H2,1-4H3. The maximum absolute atomic E-state index is 12.1. The van der Waals surface area contributed by atoms with Gasteiger partial charge in [0.25, 0.3) is 0 Å².